The molecule has 0 fully saturated rings. The third kappa shape index (κ3) is 2.14. The Morgan fingerprint density at radius 1 is 1.27 bits per heavy atom. The minimum atomic E-state index is 0.0179. The maximum atomic E-state index is 11.3. The lowest BCUT2D eigenvalue weighted by Gasteiger charge is -2.00. The monoisotopic (exact) mass is 216 g/mol. The van der Waals surface area contributed by atoms with Gasteiger partial charge in [0.2, 0.25) is 0 Å². The Morgan fingerprint density at radius 3 is 2.53 bits per heavy atom. The molecule has 1 aromatic carbocycles. The summed E-state index contributed by atoms with van der Waals surface area (Å²) >= 11 is 1.39. The van der Waals surface area contributed by atoms with Crippen molar-refractivity contribution in [2.75, 3.05) is 0 Å². The van der Waals surface area contributed by atoms with Gasteiger partial charge in [-0.05, 0) is 17.7 Å². The zero-order valence-electron chi connectivity index (χ0n) is 7.88. The van der Waals surface area contributed by atoms with E-state index in [9.17, 15) is 4.79 Å². The molecular weight excluding hydrogens is 208 g/mol. The number of nitrogens with zero attached hydrogens (tertiary/aromatic N) is 2. The highest BCUT2D eigenvalue weighted by atomic mass is 32.1. The normalized spacial score (nSPS) is 9.80. The molecule has 0 radical (unpaired) electrons. The fourth-order valence-corrected chi connectivity index (χ4v) is 1.98. The van der Waals surface area contributed by atoms with E-state index in [2.05, 4.69) is 6.07 Å². The van der Waals surface area contributed by atoms with Crippen molar-refractivity contribution in [3.8, 4) is 6.07 Å². The van der Waals surface area contributed by atoms with Crippen LogP contribution in [0.1, 0.15) is 11.1 Å². The third-order valence-corrected chi connectivity index (χ3v) is 2.88. The Morgan fingerprint density at radius 2 is 2.00 bits per heavy atom. The second kappa shape index (κ2) is 4.11. The molecule has 0 amide bonds. The summed E-state index contributed by atoms with van der Waals surface area (Å²) < 4.78 is 1.67. The molecule has 0 unspecified atom stereocenters. The van der Waals surface area contributed by atoms with Gasteiger partial charge in [0.1, 0.15) is 0 Å². The predicted octanol–water partition coefficient (Wildman–Crippen LogP) is 1.83. The summed E-state index contributed by atoms with van der Waals surface area (Å²) in [6, 6.07) is 10.9. The molecule has 0 aliphatic heterocycles. The molecule has 0 N–H and O–H groups in total. The number of hydrogen-bond donors (Lipinski definition) is 0. The molecule has 1 aromatic heterocycles. The average Bonchev–Trinajstić information content (AvgIpc) is 2.66. The Hall–Kier alpha value is -1.86. The number of rotatable bonds is 2. The second-order valence-electron chi connectivity index (χ2n) is 3.09. The molecule has 15 heavy (non-hydrogen) atoms. The molecule has 0 aliphatic carbocycles. The summed E-state index contributed by atoms with van der Waals surface area (Å²) in [5, 5.41) is 10.4. The summed E-state index contributed by atoms with van der Waals surface area (Å²) in [4.78, 5) is 11.3. The van der Waals surface area contributed by atoms with Crippen LogP contribution in [0.15, 0.2) is 40.5 Å². The largest absolute Gasteiger partial charge is 0.268 e. The number of aromatic nitrogens is 1. The van der Waals surface area contributed by atoms with E-state index >= 15 is 0 Å². The van der Waals surface area contributed by atoms with Gasteiger partial charge < -0.3 is 0 Å². The molecule has 1 heterocycles. The Balaban J connectivity index is 2.23. The molecule has 74 valence electrons. The highest BCUT2D eigenvalue weighted by Gasteiger charge is 1.98. The van der Waals surface area contributed by atoms with Gasteiger partial charge in [-0.2, -0.15) is 5.26 Å². The van der Waals surface area contributed by atoms with Gasteiger partial charge in [0.25, 0.3) is 5.56 Å². The minimum absolute atomic E-state index is 0.0179. The fourth-order valence-electron chi connectivity index (χ4n) is 1.26. The first-order valence-corrected chi connectivity index (χ1v) is 5.27. The molecule has 2 rings (SSSR count). The lowest BCUT2D eigenvalue weighted by Crippen LogP contribution is -2.12. The average molecular weight is 216 g/mol. The molecule has 2 aromatic rings. The van der Waals surface area contributed by atoms with Crippen LogP contribution < -0.4 is 5.56 Å². The third-order valence-electron chi connectivity index (χ3n) is 2.05. The quantitative estimate of drug-likeness (QED) is 0.768. The van der Waals surface area contributed by atoms with Crippen LogP contribution in [0.2, 0.25) is 0 Å². The van der Waals surface area contributed by atoms with E-state index in [1.165, 1.54) is 11.5 Å². The summed E-state index contributed by atoms with van der Waals surface area (Å²) in [6.45, 7) is 0.572. The highest BCUT2D eigenvalue weighted by Crippen LogP contribution is 2.06. The zero-order valence-corrected chi connectivity index (χ0v) is 8.70. The van der Waals surface area contributed by atoms with Crippen molar-refractivity contribution in [2.45, 2.75) is 6.54 Å². The van der Waals surface area contributed by atoms with Crippen LogP contribution in [0.25, 0.3) is 0 Å². The van der Waals surface area contributed by atoms with Crippen molar-refractivity contribution in [1.29, 1.82) is 5.26 Å². The Labute approximate surface area is 91.0 Å². The molecule has 0 atom stereocenters. The molecule has 4 heteroatoms. The van der Waals surface area contributed by atoms with Crippen molar-refractivity contribution in [3.05, 3.63) is 57.2 Å². The van der Waals surface area contributed by atoms with Gasteiger partial charge in [-0.3, -0.25) is 8.75 Å². The van der Waals surface area contributed by atoms with E-state index in [4.69, 9.17) is 5.26 Å². The van der Waals surface area contributed by atoms with Gasteiger partial charge in [-0.25, -0.2) is 0 Å². The number of hydrogen-bond acceptors (Lipinski definition) is 3. The van der Waals surface area contributed by atoms with Gasteiger partial charge in [0.15, 0.2) is 0 Å². The number of benzene rings is 1. The molecule has 0 spiro atoms. The molecular formula is C11H8N2OS. The number of nitriles is 1. The SMILES string of the molecule is N#Cc1ccc(Cn2sccc2=O)cc1. The molecule has 0 saturated carbocycles. The standard InChI is InChI=1S/C11H8N2OS/c12-7-9-1-3-10(4-2-9)8-13-11(14)5-6-15-13/h1-6H,8H2. The molecule has 0 saturated heterocycles. The van der Waals surface area contributed by atoms with E-state index in [-0.39, 0.29) is 5.56 Å². The van der Waals surface area contributed by atoms with Crippen molar-refractivity contribution in [2.24, 2.45) is 0 Å². The van der Waals surface area contributed by atoms with E-state index < -0.39 is 0 Å². The van der Waals surface area contributed by atoms with Gasteiger partial charge in [-0.15, -0.1) is 0 Å². The van der Waals surface area contributed by atoms with Crippen LogP contribution in [-0.4, -0.2) is 3.96 Å². The molecule has 0 bridgehead atoms. The van der Waals surface area contributed by atoms with Gasteiger partial charge in [0.05, 0.1) is 18.2 Å². The first-order valence-electron chi connectivity index (χ1n) is 4.43. The van der Waals surface area contributed by atoms with E-state index in [0.717, 1.165) is 5.56 Å². The van der Waals surface area contributed by atoms with Gasteiger partial charge in [0, 0.05) is 11.4 Å². The van der Waals surface area contributed by atoms with Crippen LogP contribution in [-0.2, 0) is 6.54 Å². The minimum Gasteiger partial charge on any atom is -0.268 e. The zero-order chi connectivity index (χ0) is 10.7. The lowest BCUT2D eigenvalue weighted by atomic mass is 10.1. The fraction of sp³-hybridized carbons (Fsp3) is 0.0909. The topological polar surface area (TPSA) is 45.8 Å². The summed E-state index contributed by atoms with van der Waals surface area (Å²) in [7, 11) is 0. The molecule has 0 aliphatic rings. The van der Waals surface area contributed by atoms with E-state index in [1.54, 1.807) is 27.5 Å². The lowest BCUT2D eigenvalue weighted by molar-refractivity contribution is 0.849. The van der Waals surface area contributed by atoms with Crippen molar-refractivity contribution < 1.29 is 0 Å². The van der Waals surface area contributed by atoms with E-state index in [1.807, 2.05) is 12.1 Å². The summed E-state index contributed by atoms with van der Waals surface area (Å²) in [5.41, 5.74) is 1.68. The first-order chi connectivity index (χ1) is 7.29. The second-order valence-corrected chi connectivity index (χ2v) is 4.02. The smallest absolute Gasteiger partial charge is 0.260 e. The van der Waals surface area contributed by atoms with Crippen molar-refractivity contribution in [3.63, 3.8) is 0 Å². The van der Waals surface area contributed by atoms with Crippen LogP contribution in [0.4, 0.5) is 0 Å². The van der Waals surface area contributed by atoms with Crippen molar-refractivity contribution >= 4 is 11.5 Å². The maximum Gasteiger partial charge on any atom is 0.260 e. The Bertz CT molecular complexity index is 545. The van der Waals surface area contributed by atoms with Gasteiger partial charge in [-0.1, -0.05) is 23.7 Å². The van der Waals surface area contributed by atoms with Crippen LogP contribution in [0.5, 0.6) is 0 Å². The maximum absolute atomic E-state index is 11.3. The highest BCUT2D eigenvalue weighted by molar-refractivity contribution is 7.04. The van der Waals surface area contributed by atoms with Crippen LogP contribution in [0, 0.1) is 11.3 Å². The van der Waals surface area contributed by atoms with Gasteiger partial charge >= 0.3 is 0 Å². The predicted molar refractivity (Wildman–Crippen MR) is 58.8 cm³/mol. The summed E-state index contributed by atoms with van der Waals surface area (Å²) in [6.07, 6.45) is 0. The van der Waals surface area contributed by atoms with Crippen LogP contribution in [0.3, 0.4) is 0 Å². The van der Waals surface area contributed by atoms with Crippen LogP contribution >= 0.6 is 11.5 Å². The van der Waals surface area contributed by atoms with E-state index in [0.29, 0.717) is 12.1 Å². The molecule has 3 nitrogen and oxygen atoms in total. The first kappa shape index (κ1) is 9.69. The van der Waals surface area contributed by atoms with Crippen molar-refractivity contribution in [1.82, 2.24) is 3.96 Å². The summed E-state index contributed by atoms with van der Waals surface area (Å²) in [5.74, 6) is 0. The Kier molecular flexibility index (Phi) is 2.66.